The zero-order valence-electron chi connectivity index (χ0n) is 57.6. The molecule has 0 amide bonds. The second-order valence-electron chi connectivity index (χ2n) is 27.4. The smallest absolute Gasteiger partial charge is 0.312 e. The van der Waals surface area contributed by atoms with E-state index in [-0.39, 0.29) is 95.6 Å². The van der Waals surface area contributed by atoms with Crippen molar-refractivity contribution in [2.24, 2.45) is 17.8 Å². The summed E-state index contributed by atoms with van der Waals surface area (Å²) in [4.78, 5) is 0. The maximum atomic E-state index is 12.2. The highest BCUT2D eigenvalue weighted by Crippen LogP contribution is 2.61. The lowest BCUT2D eigenvalue weighted by Gasteiger charge is -2.57. The van der Waals surface area contributed by atoms with E-state index in [1.807, 2.05) is 83.1 Å². The molecule has 15 heteroatoms. The van der Waals surface area contributed by atoms with E-state index in [2.05, 4.69) is 84.9 Å². The van der Waals surface area contributed by atoms with Crippen molar-refractivity contribution in [3.63, 3.8) is 0 Å². The van der Waals surface area contributed by atoms with Crippen molar-refractivity contribution < 1.29 is 66.6 Å². The molecular weight excluding hydrogens is 1230 g/mol. The normalized spacial score (nSPS) is 17.5. The third-order valence-electron chi connectivity index (χ3n) is 19.1. The minimum Gasteiger partial charge on any atom is -0.507 e. The van der Waals surface area contributed by atoms with Gasteiger partial charge in [0.25, 0.3) is 0 Å². The maximum Gasteiger partial charge on any atom is 0.312 e. The number of aryl methyl sites for hydroxylation is 1. The number of hydrogen-bond donors (Lipinski definition) is 5. The topological polar surface area (TPSA) is 200 Å². The number of aromatic hydroxyl groups is 1. The van der Waals surface area contributed by atoms with Gasteiger partial charge in [-0.3, -0.25) is 0 Å². The summed E-state index contributed by atoms with van der Waals surface area (Å²) in [7, 11) is -3.84. The van der Waals surface area contributed by atoms with Gasteiger partial charge >= 0.3 is 10.1 Å². The van der Waals surface area contributed by atoms with Gasteiger partial charge in [-0.25, -0.2) is 0 Å². The lowest BCUT2D eigenvalue weighted by Crippen LogP contribution is -2.48. The standard InChI is InChI=1S/C30H40O4.C27H40O4.C21H28O6S.3CH4/c1-3-20(2)24-4-6-28(7-5-24)33-8-9-34-29-25(18-31)13-27(14-26(29)19-32)30-15-21-10-22(16-30)12-23(11-21)17-30;1-8-27(6,7)24-9-11-25(12-10-24)29-14-13-21-15-22(17-30-19(2)3)26(28)23(16-21)18-31-20(4)5;1-4-16(3)17-5-7-20(8-6-17)27-28(24,25)10-9-26-21-18(13-22)11-15(2)12-19(21)14-23;;;/h4-7,13-14,20-23,31-32H,3,8-12,15-19H2,1-2H3;9-12,15-16,19-20,28H,8,13-14,17-18H2,1-7H3;5-8,11-12,16,22-23H,4,9-10,13-14H2,1-3H3;3*1H4. The van der Waals surface area contributed by atoms with Gasteiger partial charge in [0.15, 0.2) is 0 Å². The molecular formula is C81H120O14S. The van der Waals surface area contributed by atoms with Crippen LogP contribution in [0.2, 0.25) is 0 Å². The first kappa shape index (κ1) is 82.3. The lowest BCUT2D eigenvalue weighted by molar-refractivity contribution is -0.00535. The molecule has 0 aliphatic heterocycles. The quantitative estimate of drug-likeness (QED) is 0.0197. The Morgan fingerprint density at radius 3 is 1.33 bits per heavy atom. The molecule has 6 aromatic carbocycles. The Balaban J connectivity index is 0.000000303. The predicted octanol–water partition coefficient (Wildman–Crippen LogP) is 17.9. The summed E-state index contributed by atoms with van der Waals surface area (Å²) in [6.07, 6.45) is 12.2. The molecule has 2 atom stereocenters. The van der Waals surface area contributed by atoms with Crippen LogP contribution < -0.4 is 23.1 Å². The highest BCUT2D eigenvalue weighted by Gasteiger charge is 2.52. The van der Waals surface area contributed by atoms with Crippen LogP contribution in [0.3, 0.4) is 0 Å². The molecule has 5 N–H and O–H groups in total. The van der Waals surface area contributed by atoms with Crippen LogP contribution in [0.25, 0.3) is 0 Å². The van der Waals surface area contributed by atoms with Gasteiger partial charge in [-0.05, 0) is 221 Å². The molecule has 0 spiro atoms. The van der Waals surface area contributed by atoms with Crippen molar-refractivity contribution >= 4 is 10.1 Å². The van der Waals surface area contributed by atoms with E-state index in [1.54, 1.807) is 24.3 Å². The van der Waals surface area contributed by atoms with Crippen LogP contribution in [0.15, 0.2) is 109 Å². The highest BCUT2D eigenvalue weighted by atomic mass is 32.2. The van der Waals surface area contributed by atoms with Crippen molar-refractivity contribution in [2.45, 2.75) is 244 Å². The molecule has 96 heavy (non-hydrogen) atoms. The minimum atomic E-state index is -3.84. The van der Waals surface area contributed by atoms with Crippen LogP contribution in [0.1, 0.15) is 235 Å². The van der Waals surface area contributed by atoms with E-state index in [0.717, 1.165) is 93.9 Å². The van der Waals surface area contributed by atoms with Gasteiger partial charge < -0.3 is 58.1 Å². The van der Waals surface area contributed by atoms with Crippen molar-refractivity contribution in [1.29, 1.82) is 0 Å². The summed E-state index contributed by atoms with van der Waals surface area (Å²) < 4.78 is 64.6. The van der Waals surface area contributed by atoms with E-state index in [9.17, 15) is 34.0 Å². The second kappa shape index (κ2) is 38.8. The second-order valence-corrected chi connectivity index (χ2v) is 29.0. The molecule has 14 nitrogen and oxygen atoms in total. The fraction of sp³-hybridized carbons (Fsp3) is 0.556. The molecule has 4 aliphatic rings. The molecule has 4 aliphatic carbocycles. The van der Waals surface area contributed by atoms with Gasteiger partial charge in [-0.2, -0.15) is 8.42 Å². The monoisotopic (exact) mass is 1350 g/mol. The van der Waals surface area contributed by atoms with Gasteiger partial charge in [0.1, 0.15) is 60.1 Å². The Bertz CT molecular complexity index is 3260. The Kier molecular flexibility index (Phi) is 33.3. The molecule has 2 unspecified atom stereocenters. The summed E-state index contributed by atoms with van der Waals surface area (Å²) in [6, 6.07) is 35.5. The van der Waals surface area contributed by atoms with E-state index in [1.165, 1.54) is 55.2 Å². The first-order chi connectivity index (χ1) is 44.4. The van der Waals surface area contributed by atoms with Gasteiger partial charge in [0.2, 0.25) is 0 Å². The fourth-order valence-corrected chi connectivity index (χ4v) is 14.2. The SMILES string of the molecule is C.C.C.CCC(C)(C)c1ccc(OCCc2cc(COC(C)C)c(O)c(COC(C)C)c2)cc1.CCC(C)c1ccc(OCCOc2c(CO)cc(C34CC5CC(CC(C5)C3)C4)cc2CO)cc1.CCC(C)c1ccc(OS(=O)(=O)CCOc2c(CO)cc(C)cc2CO)cc1. The van der Waals surface area contributed by atoms with E-state index >= 15 is 0 Å². The third kappa shape index (κ3) is 23.2. The molecule has 4 bridgehead atoms. The number of phenols is 1. The van der Waals surface area contributed by atoms with Gasteiger partial charge in [0.05, 0.1) is 58.5 Å². The molecule has 0 aromatic heterocycles. The number of benzene rings is 6. The largest absolute Gasteiger partial charge is 0.507 e. The van der Waals surface area contributed by atoms with Crippen molar-refractivity contribution in [3.8, 4) is 34.5 Å². The van der Waals surface area contributed by atoms with Crippen LogP contribution in [-0.4, -0.2) is 78.3 Å². The van der Waals surface area contributed by atoms with Crippen LogP contribution >= 0.6 is 0 Å². The van der Waals surface area contributed by atoms with Crippen LogP contribution in [0, 0.1) is 24.7 Å². The molecule has 0 saturated heterocycles. The average Bonchev–Trinajstić information content (AvgIpc) is 0.732. The van der Waals surface area contributed by atoms with Crippen molar-refractivity contribution in [2.75, 3.05) is 32.2 Å². The van der Waals surface area contributed by atoms with Crippen molar-refractivity contribution in [3.05, 3.63) is 176 Å². The van der Waals surface area contributed by atoms with Gasteiger partial charge in [-0.15, -0.1) is 0 Å². The van der Waals surface area contributed by atoms with Gasteiger partial charge in [0, 0.05) is 39.8 Å². The number of rotatable bonds is 32. The molecule has 6 aromatic rings. The molecule has 10 rings (SSSR count). The summed E-state index contributed by atoms with van der Waals surface area (Å²) in [5.74, 6) is 6.31. The Morgan fingerprint density at radius 2 is 0.917 bits per heavy atom. The average molecular weight is 1350 g/mol. The number of phenolic OH excluding ortho intramolecular Hbond substituents is 1. The Morgan fingerprint density at radius 1 is 0.521 bits per heavy atom. The molecule has 4 fully saturated rings. The minimum absolute atomic E-state index is 0. The zero-order valence-corrected chi connectivity index (χ0v) is 58.4. The maximum absolute atomic E-state index is 12.2. The van der Waals surface area contributed by atoms with E-state index in [0.29, 0.717) is 67.5 Å². The Labute approximate surface area is 578 Å². The van der Waals surface area contributed by atoms with E-state index in [4.69, 9.17) is 32.6 Å². The molecule has 0 radical (unpaired) electrons. The first-order valence-electron chi connectivity index (χ1n) is 34.0. The van der Waals surface area contributed by atoms with Crippen molar-refractivity contribution in [1.82, 2.24) is 0 Å². The fourth-order valence-electron chi connectivity index (χ4n) is 13.4. The number of ether oxygens (including phenoxy) is 6. The number of aliphatic hydroxyl groups is 4. The Hall–Kier alpha value is -6.17. The van der Waals surface area contributed by atoms with Crippen LogP contribution in [-0.2, 0) is 76.5 Å². The first-order valence-corrected chi connectivity index (χ1v) is 35.5. The summed E-state index contributed by atoms with van der Waals surface area (Å²) >= 11 is 0. The van der Waals surface area contributed by atoms with Crippen LogP contribution in [0.4, 0.5) is 0 Å². The summed E-state index contributed by atoms with van der Waals surface area (Å²) in [5.41, 5.74) is 11.6. The number of hydrogen-bond acceptors (Lipinski definition) is 14. The third-order valence-corrected chi connectivity index (χ3v) is 20.3. The molecule has 534 valence electrons. The molecule has 4 saturated carbocycles. The summed E-state index contributed by atoms with van der Waals surface area (Å²) in [5, 5.41) is 50.0. The van der Waals surface area contributed by atoms with E-state index < -0.39 is 10.1 Å². The molecule has 0 heterocycles. The number of aliphatic hydroxyl groups excluding tert-OH is 4. The highest BCUT2D eigenvalue weighted by molar-refractivity contribution is 7.87. The van der Waals surface area contributed by atoms with Crippen LogP contribution in [0.5, 0.6) is 34.5 Å². The lowest BCUT2D eigenvalue weighted by atomic mass is 9.48. The zero-order chi connectivity index (χ0) is 67.5. The predicted molar refractivity (Wildman–Crippen MR) is 389 cm³/mol. The summed E-state index contributed by atoms with van der Waals surface area (Å²) in [6.45, 7) is 26.4. The van der Waals surface area contributed by atoms with Gasteiger partial charge in [-0.1, -0.05) is 125 Å².